The molecule has 0 fully saturated rings. The zero-order chi connectivity index (χ0) is 13.7. The van der Waals surface area contributed by atoms with E-state index in [2.05, 4.69) is 0 Å². The van der Waals surface area contributed by atoms with E-state index >= 15 is 0 Å². The molecule has 0 radical (unpaired) electrons. The highest BCUT2D eigenvalue weighted by Gasteiger charge is 2.17. The van der Waals surface area contributed by atoms with Gasteiger partial charge >= 0.3 is 0 Å². The van der Waals surface area contributed by atoms with E-state index in [0.29, 0.717) is 16.9 Å². The maximum Gasteiger partial charge on any atom is 0.165 e. The highest BCUT2D eigenvalue weighted by atomic mass is 16.5. The van der Waals surface area contributed by atoms with Gasteiger partial charge in [-0.1, -0.05) is 48.5 Å². The number of methoxy groups -OCH3 is 1. The first kappa shape index (κ1) is 13.3. The van der Waals surface area contributed by atoms with Gasteiger partial charge in [0.2, 0.25) is 0 Å². The third kappa shape index (κ3) is 3.20. The van der Waals surface area contributed by atoms with Crippen LogP contribution in [-0.4, -0.2) is 18.0 Å². The first-order valence-electron chi connectivity index (χ1n) is 6.11. The minimum atomic E-state index is -0.858. The van der Waals surface area contributed by atoms with Gasteiger partial charge in [-0.15, -0.1) is 0 Å². The summed E-state index contributed by atoms with van der Waals surface area (Å²) in [6.07, 6.45) is -0.812. The molecule has 0 aliphatic rings. The van der Waals surface area contributed by atoms with Crippen LogP contribution in [0.5, 0.6) is 5.75 Å². The normalized spacial score (nSPS) is 11.9. The quantitative estimate of drug-likeness (QED) is 0.836. The zero-order valence-electron chi connectivity index (χ0n) is 10.7. The summed E-state index contributed by atoms with van der Waals surface area (Å²) in [4.78, 5) is 12.0. The Labute approximate surface area is 112 Å². The molecule has 2 rings (SSSR count). The summed E-state index contributed by atoms with van der Waals surface area (Å²) in [5, 5.41) is 10.2. The molecule has 98 valence electrons. The Morgan fingerprint density at radius 2 is 1.74 bits per heavy atom. The Bertz CT molecular complexity index is 549. The van der Waals surface area contributed by atoms with Crippen molar-refractivity contribution in [3.8, 4) is 5.75 Å². The number of para-hydroxylation sites is 1. The van der Waals surface area contributed by atoms with E-state index < -0.39 is 6.10 Å². The van der Waals surface area contributed by atoms with Crippen LogP contribution in [0, 0.1) is 0 Å². The summed E-state index contributed by atoms with van der Waals surface area (Å²) in [6, 6.07) is 16.1. The van der Waals surface area contributed by atoms with Gasteiger partial charge in [0.05, 0.1) is 13.2 Å². The van der Waals surface area contributed by atoms with Gasteiger partial charge in [0.1, 0.15) is 5.75 Å². The molecule has 0 aliphatic heterocycles. The summed E-state index contributed by atoms with van der Waals surface area (Å²) >= 11 is 0. The molecule has 0 aliphatic carbocycles. The maximum absolute atomic E-state index is 12.0. The Kier molecular flexibility index (Phi) is 4.31. The van der Waals surface area contributed by atoms with E-state index in [0.717, 1.165) is 0 Å². The lowest BCUT2D eigenvalue weighted by Crippen LogP contribution is -2.08. The van der Waals surface area contributed by atoms with Crippen LogP contribution in [0.4, 0.5) is 0 Å². The van der Waals surface area contributed by atoms with Crippen molar-refractivity contribution in [2.75, 3.05) is 7.11 Å². The Morgan fingerprint density at radius 3 is 2.42 bits per heavy atom. The fourth-order valence-corrected chi connectivity index (χ4v) is 1.97. The summed E-state index contributed by atoms with van der Waals surface area (Å²) in [5.41, 5.74) is 1.24. The molecule has 0 aromatic heterocycles. The second-order valence-electron chi connectivity index (χ2n) is 4.25. The van der Waals surface area contributed by atoms with E-state index in [9.17, 15) is 9.90 Å². The van der Waals surface area contributed by atoms with Crippen molar-refractivity contribution >= 4 is 5.78 Å². The molecule has 0 spiro atoms. The van der Waals surface area contributed by atoms with Crippen molar-refractivity contribution in [2.45, 2.75) is 12.5 Å². The van der Waals surface area contributed by atoms with Gasteiger partial charge in [0, 0.05) is 17.5 Å². The molecule has 0 bridgehead atoms. The molecule has 0 saturated carbocycles. The largest absolute Gasteiger partial charge is 0.496 e. The number of ketones is 1. The van der Waals surface area contributed by atoms with Crippen LogP contribution in [0.25, 0.3) is 0 Å². The molecule has 0 amide bonds. The van der Waals surface area contributed by atoms with E-state index in [-0.39, 0.29) is 12.2 Å². The molecular formula is C16H16O3. The van der Waals surface area contributed by atoms with Crippen LogP contribution in [0.3, 0.4) is 0 Å². The Morgan fingerprint density at radius 1 is 1.11 bits per heavy atom. The molecule has 3 heteroatoms. The average molecular weight is 256 g/mol. The fraction of sp³-hybridized carbons (Fsp3) is 0.188. The van der Waals surface area contributed by atoms with Gasteiger partial charge in [0.15, 0.2) is 5.78 Å². The second kappa shape index (κ2) is 6.16. The summed E-state index contributed by atoms with van der Waals surface area (Å²) < 4.78 is 5.18. The predicted molar refractivity (Wildman–Crippen MR) is 73.3 cm³/mol. The highest BCUT2D eigenvalue weighted by molar-refractivity contribution is 5.96. The Balaban J connectivity index is 2.13. The molecule has 2 aromatic carbocycles. The molecular weight excluding hydrogens is 240 g/mol. The molecule has 19 heavy (non-hydrogen) atoms. The van der Waals surface area contributed by atoms with Gasteiger partial charge in [-0.05, 0) is 6.07 Å². The zero-order valence-corrected chi connectivity index (χ0v) is 10.7. The molecule has 2 aromatic rings. The van der Waals surface area contributed by atoms with Gasteiger partial charge in [0.25, 0.3) is 0 Å². The number of rotatable bonds is 5. The lowest BCUT2D eigenvalue weighted by molar-refractivity contribution is 0.0877. The first-order valence-corrected chi connectivity index (χ1v) is 6.11. The number of aliphatic hydroxyl groups excluding tert-OH is 1. The number of hydrogen-bond donors (Lipinski definition) is 1. The second-order valence-corrected chi connectivity index (χ2v) is 4.25. The van der Waals surface area contributed by atoms with Crippen LogP contribution in [0.2, 0.25) is 0 Å². The number of benzene rings is 2. The monoisotopic (exact) mass is 256 g/mol. The predicted octanol–water partition coefficient (Wildman–Crippen LogP) is 3.00. The van der Waals surface area contributed by atoms with Crippen molar-refractivity contribution in [1.29, 1.82) is 0 Å². The topological polar surface area (TPSA) is 46.5 Å². The van der Waals surface area contributed by atoms with Crippen molar-refractivity contribution in [3.05, 3.63) is 65.7 Å². The summed E-state index contributed by atoms with van der Waals surface area (Å²) in [7, 11) is 1.55. The molecule has 1 unspecified atom stereocenters. The number of ether oxygens (including phenoxy) is 1. The highest BCUT2D eigenvalue weighted by Crippen LogP contribution is 2.27. The maximum atomic E-state index is 12.0. The van der Waals surface area contributed by atoms with Gasteiger partial charge < -0.3 is 9.84 Å². The molecule has 0 heterocycles. The minimum absolute atomic E-state index is 0.0460. The van der Waals surface area contributed by atoms with Crippen molar-refractivity contribution in [2.24, 2.45) is 0 Å². The van der Waals surface area contributed by atoms with Crippen molar-refractivity contribution in [3.63, 3.8) is 0 Å². The number of carbonyl (C=O) groups is 1. The molecule has 3 nitrogen and oxygen atoms in total. The minimum Gasteiger partial charge on any atom is -0.496 e. The summed E-state index contributed by atoms with van der Waals surface area (Å²) in [5.74, 6) is 0.509. The SMILES string of the molecule is COc1ccccc1C(O)CC(=O)c1ccccc1. The van der Waals surface area contributed by atoms with E-state index in [1.165, 1.54) is 0 Å². The molecule has 0 saturated heterocycles. The van der Waals surface area contributed by atoms with Crippen LogP contribution in [-0.2, 0) is 0 Å². The van der Waals surface area contributed by atoms with Gasteiger partial charge in [-0.3, -0.25) is 4.79 Å². The van der Waals surface area contributed by atoms with E-state index in [1.807, 2.05) is 30.3 Å². The number of Topliss-reactive ketones (excluding diaryl/α,β-unsaturated/α-hetero) is 1. The van der Waals surface area contributed by atoms with Crippen LogP contribution >= 0.6 is 0 Å². The third-order valence-corrected chi connectivity index (χ3v) is 2.97. The average Bonchev–Trinajstić information content (AvgIpc) is 2.48. The van der Waals surface area contributed by atoms with Gasteiger partial charge in [-0.2, -0.15) is 0 Å². The summed E-state index contributed by atoms with van der Waals surface area (Å²) in [6.45, 7) is 0. The van der Waals surface area contributed by atoms with Crippen LogP contribution < -0.4 is 4.74 Å². The molecule has 1 atom stereocenters. The van der Waals surface area contributed by atoms with Crippen molar-refractivity contribution in [1.82, 2.24) is 0 Å². The lowest BCUT2D eigenvalue weighted by atomic mass is 9.99. The van der Waals surface area contributed by atoms with Crippen LogP contribution in [0.1, 0.15) is 28.4 Å². The van der Waals surface area contributed by atoms with E-state index in [4.69, 9.17) is 4.74 Å². The van der Waals surface area contributed by atoms with Gasteiger partial charge in [-0.25, -0.2) is 0 Å². The standard InChI is InChI=1S/C16H16O3/c1-19-16-10-6-5-9-13(16)15(18)11-14(17)12-7-3-2-4-8-12/h2-10,15,18H,11H2,1H3. The van der Waals surface area contributed by atoms with E-state index in [1.54, 1.807) is 31.4 Å². The number of hydrogen-bond acceptors (Lipinski definition) is 3. The van der Waals surface area contributed by atoms with Crippen LogP contribution in [0.15, 0.2) is 54.6 Å². The molecule has 1 N–H and O–H groups in total. The number of aliphatic hydroxyl groups is 1. The third-order valence-electron chi connectivity index (χ3n) is 2.97. The van der Waals surface area contributed by atoms with Crippen molar-refractivity contribution < 1.29 is 14.6 Å². The lowest BCUT2D eigenvalue weighted by Gasteiger charge is -2.14. The number of carbonyl (C=O) groups excluding carboxylic acids is 1. The first-order chi connectivity index (χ1) is 9.22. The smallest absolute Gasteiger partial charge is 0.165 e. The Hall–Kier alpha value is -2.13. The fourth-order valence-electron chi connectivity index (χ4n) is 1.97.